The molecule has 0 heterocycles. The van der Waals surface area contributed by atoms with Gasteiger partial charge in [0.05, 0.1) is 0 Å². The van der Waals surface area contributed by atoms with Crippen molar-refractivity contribution >= 4 is 11.9 Å². The molecule has 120 valence electrons. The lowest BCUT2D eigenvalue weighted by Crippen LogP contribution is -2.38. The zero-order chi connectivity index (χ0) is 16.3. The average molecular weight is 302 g/mol. The second-order valence-electron chi connectivity index (χ2n) is 6.22. The van der Waals surface area contributed by atoms with Crippen LogP contribution in [0.5, 0.6) is 0 Å². The van der Waals surface area contributed by atoms with Crippen molar-refractivity contribution < 1.29 is 0 Å². The summed E-state index contributed by atoms with van der Waals surface area (Å²) in [7, 11) is 0. The fraction of sp³-hybridized carbons (Fsp3) is 0.500. The minimum Gasteiger partial charge on any atom is -0.370 e. The van der Waals surface area contributed by atoms with Crippen molar-refractivity contribution in [2.45, 2.75) is 45.2 Å². The Hall–Kier alpha value is -2.24. The summed E-state index contributed by atoms with van der Waals surface area (Å²) in [5.74, 6) is 0.359. The quantitative estimate of drug-likeness (QED) is 0.459. The Kier molecular flexibility index (Phi) is 4.59. The molecule has 1 aromatic rings. The van der Waals surface area contributed by atoms with E-state index in [0.717, 1.165) is 19.3 Å². The molecule has 0 saturated heterocycles. The van der Waals surface area contributed by atoms with Crippen LogP contribution in [0.4, 0.5) is 0 Å². The molecule has 6 nitrogen and oxygen atoms in total. The first kappa shape index (κ1) is 16.1. The molecule has 0 amide bonds. The maximum Gasteiger partial charge on any atom is 0.188 e. The molecule has 0 radical (unpaired) electrons. The van der Waals surface area contributed by atoms with Crippen molar-refractivity contribution in [3.63, 3.8) is 0 Å². The van der Waals surface area contributed by atoms with E-state index in [9.17, 15) is 0 Å². The third-order valence-corrected chi connectivity index (χ3v) is 3.94. The number of aryl methyl sites for hydroxylation is 3. The highest BCUT2D eigenvalue weighted by molar-refractivity contribution is 5.78. The highest BCUT2D eigenvalue weighted by atomic mass is 15.2. The van der Waals surface area contributed by atoms with Gasteiger partial charge in [-0.1, -0.05) is 29.3 Å². The molecular weight excluding hydrogens is 276 g/mol. The molecule has 1 aliphatic carbocycles. The molecule has 8 N–H and O–H groups in total. The molecule has 1 saturated carbocycles. The van der Waals surface area contributed by atoms with Crippen molar-refractivity contribution in [2.75, 3.05) is 0 Å². The first-order valence-electron chi connectivity index (χ1n) is 7.59. The number of hydrogen-bond donors (Lipinski definition) is 4. The van der Waals surface area contributed by atoms with Crippen LogP contribution >= 0.6 is 0 Å². The number of hydrogen-bond acceptors (Lipinski definition) is 2. The first-order valence-corrected chi connectivity index (χ1v) is 7.59. The van der Waals surface area contributed by atoms with Gasteiger partial charge in [-0.3, -0.25) is 0 Å². The van der Waals surface area contributed by atoms with Crippen LogP contribution in [0.3, 0.4) is 0 Å². The number of aliphatic imine (C=N–C) groups is 2. The molecule has 2 rings (SSSR count). The van der Waals surface area contributed by atoms with Gasteiger partial charge in [0.15, 0.2) is 17.6 Å². The van der Waals surface area contributed by atoms with Crippen LogP contribution in [0.2, 0.25) is 0 Å². The molecule has 1 aromatic carbocycles. The highest BCUT2D eigenvalue weighted by Crippen LogP contribution is 2.45. The predicted octanol–water partition coefficient (Wildman–Crippen LogP) is 0.889. The summed E-state index contributed by atoms with van der Waals surface area (Å²) in [6, 6.07) is 6.51. The molecular formula is C16H26N6. The Morgan fingerprint density at radius 2 is 1.50 bits per heavy atom. The monoisotopic (exact) mass is 302 g/mol. The van der Waals surface area contributed by atoms with Gasteiger partial charge in [-0.05, 0) is 45.1 Å². The van der Waals surface area contributed by atoms with Crippen LogP contribution in [0.15, 0.2) is 28.2 Å². The van der Waals surface area contributed by atoms with Crippen LogP contribution in [0.25, 0.3) is 0 Å². The fourth-order valence-corrected chi connectivity index (χ4v) is 3.06. The third-order valence-electron chi connectivity index (χ3n) is 3.94. The van der Waals surface area contributed by atoms with Crippen molar-refractivity contribution in [3.05, 3.63) is 34.9 Å². The normalized spacial score (nSPS) is 14.5. The predicted molar refractivity (Wildman–Crippen MR) is 91.3 cm³/mol. The highest BCUT2D eigenvalue weighted by Gasteiger charge is 2.45. The minimum absolute atomic E-state index is 0.0253. The lowest BCUT2D eigenvalue weighted by atomic mass is 9.94. The van der Waals surface area contributed by atoms with Crippen LogP contribution in [-0.4, -0.2) is 17.6 Å². The summed E-state index contributed by atoms with van der Waals surface area (Å²) >= 11 is 0. The zero-order valence-corrected chi connectivity index (χ0v) is 13.3. The Balaban J connectivity index is 2.26. The van der Waals surface area contributed by atoms with Gasteiger partial charge in [0.2, 0.25) is 0 Å². The van der Waals surface area contributed by atoms with E-state index in [2.05, 4.69) is 42.0 Å². The second-order valence-corrected chi connectivity index (χ2v) is 6.22. The topological polar surface area (TPSA) is 129 Å². The van der Waals surface area contributed by atoms with Gasteiger partial charge in [-0.2, -0.15) is 0 Å². The molecule has 1 fully saturated rings. The summed E-state index contributed by atoms with van der Waals surface area (Å²) in [5.41, 5.74) is 25.5. The van der Waals surface area contributed by atoms with E-state index in [-0.39, 0.29) is 11.9 Å². The molecule has 22 heavy (non-hydrogen) atoms. The molecule has 0 unspecified atom stereocenters. The van der Waals surface area contributed by atoms with Crippen LogP contribution in [0, 0.1) is 19.8 Å². The second kappa shape index (κ2) is 6.25. The van der Waals surface area contributed by atoms with Crippen molar-refractivity contribution in [1.29, 1.82) is 0 Å². The zero-order valence-electron chi connectivity index (χ0n) is 13.3. The Labute approximate surface area is 131 Å². The van der Waals surface area contributed by atoms with E-state index in [1.807, 2.05) is 0 Å². The molecule has 6 heteroatoms. The molecule has 0 aliphatic heterocycles. The number of benzene rings is 1. The summed E-state index contributed by atoms with van der Waals surface area (Å²) in [6.45, 7) is 4.19. The van der Waals surface area contributed by atoms with Gasteiger partial charge >= 0.3 is 0 Å². The largest absolute Gasteiger partial charge is 0.370 e. The Bertz CT molecular complexity index is 554. The van der Waals surface area contributed by atoms with E-state index >= 15 is 0 Å². The van der Waals surface area contributed by atoms with Gasteiger partial charge < -0.3 is 22.9 Å². The Morgan fingerprint density at radius 1 is 1.00 bits per heavy atom. The molecule has 0 spiro atoms. The number of nitrogens with zero attached hydrogens (tertiary/aromatic N) is 2. The van der Waals surface area contributed by atoms with Gasteiger partial charge in [0.25, 0.3) is 0 Å². The standard InChI is InChI=1S/C16H26N6/c1-10-7-11(2)9-12(8-10)5-6-16(13-3-4-13,21-14(17)18)22-15(19)20/h7-9,13H,3-6H2,1-2H3,(H4,17,18,21)(H4,19,20,22). The summed E-state index contributed by atoms with van der Waals surface area (Å²) < 4.78 is 0. The van der Waals surface area contributed by atoms with Crippen molar-refractivity contribution in [2.24, 2.45) is 38.8 Å². The molecule has 0 aromatic heterocycles. The smallest absolute Gasteiger partial charge is 0.188 e. The number of nitrogens with two attached hydrogens (primary N) is 4. The van der Waals surface area contributed by atoms with E-state index in [4.69, 9.17) is 22.9 Å². The van der Waals surface area contributed by atoms with E-state index in [1.54, 1.807) is 0 Å². The fourth-order valence-electron chi connectivity index (χ4n) is 3.06. The third kappa shape index (κ3) is 4.13. The van der Waals surface area contributed by atoms with E-state index in [0.29, 0.717) is 12.3 Å². The van der Waals surface area contributed by atoms with Crippen LogP contribution < -0.4 is 22.9 Å². The number of guanidine groups is 2. The summed E-state index contributed by atoms with van der Waals surface area (Å²) in [5, 5.41) is 0. The van der Waals surface area contributed by atoms with Gasteiger partial charge in [0, 0.05) is 5.92 Å². The van der Waals surface area contributed by atoms with Gasteiger partial charge in [0.1, 0.15) is 0 Å². The lowest BCUT2D eigenvalue weighted by molar-refractivity contribution is 0.362. The van der Waals surface area contributed by atoms with E-state index in [1.165, 1.54) is 16.7 Å². The van der Waals surface area contributed by atoms with Crippen molar-refractivity contribution in [3.8, 4) is 0 Å². The SMILES string of the molecule is Cc1cc(C)cc(CCC(N=C(N)N)(N=C(N)N)C2CC2)c1. The molecule has 1 aliphatic rings. The lowest BCUT2D eigenvalue weighted by Gasteiger charge is -2.26. The maximum atomic E-state index is 5.61. The Morgan fingerprint density at radius 3 is 1.91 bits per heavy atom. The van der Waals surface area contributed by atoms with Crippen molar-refractivity contribution in [1.82, 2.24) is 0 Å². The summed E-state index contributed by atoms with van der Waals surface area (Å²) in [4.78, 5) is 8.79. The van der Waals surface area contributed by atoms with E-state index < -0.39 is 5.66 Å². The molecule has 0 bridgehead atoms. The first-order chi connectivity index (χ1) is 10.3. The molecule has 0 atom stereocenters. The van der Waals surface area contributed by atoms with Gasteiger partial charge in [-0.15, -0.1) is 0 Å². The van der Waals surface area contributed by atoms with Crippen LogP contribution in [-0.2, 0) is 6.42 Å². The van der Waals surface area contributed by atoms with Crippen LogP contribution in [0.1, 0.15) is 36.0 Å². The van der Waals surface area contributed by atoms with Gasteiger partial charge in [-0.25, -0.2) is 9.98 Å². The maximum absolute atomic E-state index is 5.61. The average Bonchev–Trinajstić information content (AvgIpc) is 3.17. The number of rotatable bonds is 6. The summed E-state index contributed by atoms with van der Waals surface area (Å²) in [6.07, 6.45) is 3.60. The minimum atomic E-state index is -0.727.